The van der Waals surface area contributed by atoms with Gasteiger partial charge in [0.25, 0.3) is 5.91 Å². The number of hydrogen-bond acceptors (Lipinski definition) is 3. The second kappa shape index (κ2) is 7.34. The zero-order valence-corrected chi connectivity index (χ0v) is 15.5. The first-order chi connectivity index (χ1) is 11.9. The lowest BCUT2D eigenvalue weighted by Gasteiger charge is -2.41. The molecule has 0 aromatic heterocycles. The third-order valence-electron chi connectivity index (χ3n) is 4.92. The molecule has 1 aliphatic heterocycles. The third-order valence-corrected chi connectivity index (χ3v) is 5.15. The van der Waals surface area contributed by atoms with Crippen LogP contribution in [0.2, 0.25) is 5.02 Å². The van der Waals surface area contributed by atoms with Crippen LogP contribution >= 0.6 is 11.6 Å². The normalized spacial score (nSPS) is 22.4. The van der Waals surface area contributed by atoms with Crippen LogP contribution in [0.5, 0.6) is 0 Å². The van der Waals surface area contributed by atoms with Gasteiger partial charge in [-0.25, -0.2) is 0 Å². The summed E-state index contributed by atoms with van der Waals surface area (Å²) in [6.07, 6.45) is 4.67. The van der Waals surface area contributed by atoms with E-state index >= 15 is 0 Å². The minimum absolute atomic E-state index is 0.0125. The molecule has 1 aliphatic carbocycles. The Balaban J connectivity index is 1.94. The maximum Gasteiger partial charge on any atom is 0.256 e. The molecule has 1 aromatic rings. The van der Waals surface area contributed by atoms with Crippen LogP contribution in [0.1, 0.15) is 56.3 Å². The van der Waals surface area contributed by atoms with Gasteiger partial charge < -0.3 is 10.1 Å². The molecule has 2 aliphatic rings. The number of carbonyl (C=O) groups is 2. The van der Waals surface area contributed by atoms with Crippen LogP contribution in [0.15, 0.2) is 24.3 Å². The highest BCUT2D eigenvalue weighted by atomic mass is 35.5. The number of carbonyl (C=O) groups excluding carboxylic acids is 2. The molecule has 25 heavy (non-hydrogen) atoms. The Morgan fingerprint density at radius 1 is 1.28 bits per heavy atom. The summed E-state index contributed by atoms with van der Waals surface area (Å²) in [6.45, 7) is 4.06. The predicted molar refractivity (Wildman–Crippen MR) is 96.5 cm³/mol. The summed E-state index contributed by atoms with van der Waals surface area (Å²) in [7, 11) is 0. The minimum atomic E-state index is -0.670. The van der Waals surface area contributed by atoms with Gasteiger partial charge in [0.15, 0.2) is 0 Å². The van der Waals surface area contributed by atoms with Crippen LogP contribution < -0.4 is 5.32 Å². The first kappa shape index (κ1) is 18.2. The van der Waals surface area contributed by atoms with E-state index in [4.69, 9.17) is 16.3 Å². The topological polar surface area (TPSA) is 58.6 Å². The van der Waals surface area contributed by atoms with Crippen LogP contribution in [0.4, 0.5) is 0 Å². The second-order valence-corrected chi connectivity index (χ2v) is 7.62. The molecule has 6 heteroatoms. The molecular formula is C19H25ClN2O3. The van der Waals surface area contributed by atoms with Crippen molar-refractivity contribution in [1.29, 1.82) is 0 Å². The van der Waals surface area contributed by atoms with Crippen molar-refractivity contribution >= 4 is 23.4 Å². The number of benzene rings is 1. The number of halogens is 1. The number of nitrogens with one attached hydrogen (secondary N) is 1. The Morgan fingerprint density at radius 3 is 2.64 bits per heavy atom. The van der Waals surface area contributed by atoms with Crippen molar-refractivity contribution in [2.75, 3.05) is 6.61 Å². The summed E-state index contributed by atoms with van der Waals surface area (Å²) < 4.78 is 6.09. The Hall–Kier alpha value is -1.59. The largest absolute Gasteiger partial charge is 0.353 e. The fraction of sp³-hybridized carbons (Fsp3) is 0.579. The van der Waals surface area contributed by atoms with Crippen LogP contribution in [0.3, 0.4) is 0 Å². The van der Waals surface area contributed by atoms with Crippen LogP contribution in [-0.4, -0.2) is 41.1 Å². The van der Waals surface area contributed by atoms with Gasteiger partial charge in [0.2, 0.25) is 5.91 Å². The molecule has 0 bridgehead atoms. The summed E-state index contributed by atoms with van der Waals surface area (Å²) in [4.78, 5) is 27.6. The van der Waals surface area contributed by atoms with E-state index in [0.717, 1.165) is 32.1 Å². The van der Waals surface area contributed by atoms with Gasteiger partial charge in [-0.15, -0.1) is 0 Å². The number of hydrogen-bond donors (Lipinski definition) is 1. The summed E-state index contributed by atoms with van der Waals surface area (Å²) in [5.41, 5.74) is -0.179. The maximum absolute atomic E-state index is 13.3. The van der Waals surface area contributed by atoms with E-state index in [2.05, 4.69) is 5.32 Å². The van der Waals surface area contributed by atoms with Crippen molar-refractivity contribution in [3.8, 4) is 0 Å². The zero-order valence-electron chi connectivity index (χ0n) is 14.8. The molecule has 0 unspecified atom stereocenters. The number of nitrogens with zero attached hydrogens (tertiary/aromatic N) is 1. The highest BCUT2D eigenvalue weighted by molar-refractivity contribution is 6.31. The number of rotatable bonds is 3. The lowest BCUT2D eigenvalue weighted by Crippen LogP contribution is -2.57. The van der Waals surface area contributed by atoms with Gasteiger partial charge >= 0.3 is 0 Å². The molecule has 1 saturated heterocycles. The van der Waals surface area contributed by atoms with Crippen molar-refractivity contribution in [2.45, 2.75) is 63.8 Å². The Labute approximate surface area is 153 Å². The summed E-state index contributed by atoms with van der Waals surface area (Å²) >= 11 is 6.06. The van der Waals surface area contributed by atoms with Gasteiger partial charge in [-0.2, -0.15) is 0 Å². The first-order valence-electron chi connectivity index (χ1n) is 8.96. The Kier molecular flexibility index (Phi) is 5.35. The Bertz CT molecular complexity index is 656. The quantitative estimate of drug-likeness (QED) is 0.894. The molecule has 1 saturated carbocycles. The third kappa shape index (κ3) is 3.67. The van der Waals surface area contributed by atoms with Crippen LogP contribution in [0, 0.1) is 0 Å². The van der Waals surface area contributed by atoms with Crippen molar-refractivity contribution in [3.05, 3.63) is 34.9 Å². The number of ether oxygens (including phenoxy) is 1. The van der Waals surface area contributed by atoms with E-state index in [-0.39, 0.29) is 24.5 Å². The van der Waals surface area contributed by atoms with Crippen molar-refractivity contribution in [2.24, 2.45) is 0 Å². The van der Waals surface area contributed by atoms with Crippen molar-refractivity contribution in [3.63, 3.8) is 0 Å². The fourth-order valence-corrected chi connectivity index (χ4v) is 4.00. The van der Waals surface area contributed by atoms with E-state index in [1.165, 1.54) is 0 Å². The van der Waals surface area contributed by atoms with E-state index in [1.54, 1.807) is 29.2 Å². The van der Waals surface area contributed by atoms with E-state index in [0.29, 0.717) is 10.6 Å². The van der Waals surface area contributed by atoms with E-state index in [9.17, 15) is 9.59 Å². The molecule has 2 fully saturated rings. The second-order valence-electron chi connectivity index (χ2n) is 7.18. The van der Waals surface area contributed by atoms with Crippen LogP contribution in [0.25, 0.3) is 0 Å². The smallest absolute Gasteiger partial charge is 0.256 e. The molecule has 0 radical (unpaired) electrons. The molecule has 1 N–H and O–H groups in total. The SMILES string of the molecule is CC(C)NC(=O)[C@H]1COC2(CCCCC2)N1C(=O)c1cccc(Cl)c1. The summed E-state index contributed by atoms with van der Waals surface area (Å²) in [6, 6.07) is 6.28. The van der Waals surface area contributed by atoms with Gasteiger partial charge in [-0.3, -0.25) is 14.5 Å². The van der Waals surface area contributed by atoms with Gasteiger partial charge in [0.05, 0.1) is 6.61 Å². The van der Waals surface area contributed by atoms with Crippen LogP contribution in [-0.2, 0) is 9.53 Å². The van der Waals surface area contributed by atoms with E-state index < -0.39 is 11.8 Å². The van der Waals surface area contributed by atoms with Gasteiger partial charge in [-0.1, -0.05) is 24.1 Å². The molecule has 1 spiro atoms. The lowest BCUT2D eigenvalue weighted by molar-refractivity contribution is -0.127. The first-order valence-corrected chi connectivity index (χ1v) is 9.34. The highest BCUT2D eigenvalue weighted by Crippen LogP contribution is 2.41. The van der Waals surface area contributed by atoms with Gasteiger partial charge in [0.1, 0.15) is 11.8 Å². The minimum Gasteiger partial charge on any atom is -0.353 e. The summed E-state index contributed by atoms with van der Waals surface area (Å²) in [5.74, 6) is -0.348. The predicted octanol–water partition coefficient (Wildman–Crippen LogP) is 3.37. The molecule has 1 aromatic carbocycles. The molecule has 1 heterocycles. The van der Waals surface area contributed by atoms with Crippen molar-refractivity contribution < 1.29 is 14.3 Å². The average Bonchev–Trinajstić information content (AvgIpc) is 2.93. The lowest BCUT2D eigenvalue weighted by atomic mass is 9.89. The summed E-state index contributed by atoms with van der Waals surface area (Å²) in [5, 5.41) is 3.42. The molecule has 2 amide bonds. The Morgan fingerprint density at radius 2 is 2.00 bits per heavy atom. The van der Waals surface area contributed by atoms with Gasteiger partial charge in [0, 0.05) is 16.6 Å². The molecule has 5 nitrogen and oxygen atoms in total. The fourth-order valence-electron chi connectivity index (χ4n) is 3.81. The highest BCUT2D eigenvalue weighted by Gasteiger charge is 2.52. The molecule has 1 atom stereocenters. The van der Waals surface area contributed by atoms with E-state index in [1.807, 2.05) is 13.8 Å². The maximum atomic E-state index is 13.3. The van der Waals surface area contributed by atoms with Gasteiger partial charge in [-0.05, 0) is 57.7 Å². The zero-order chi connectivity index (χ0) is 18.0. The molecule has 136 valence electrons. The average molecular weight is 365 g/mol. The molecular weight excluding hydrogens is 340 g/mol. The standard InChI is InChI=1S/C19H25ClN2O3/c1-13(2)21-17(23)16-12-25-19(9-4-3-5-10-19)22(16)18(24)14-7-6-8-15(20)11-14/h6-8,11,13,16H,3-5,9-10,12H2,1-2H3,(H,21,23)/t16-/m1/s1. The monoisotopic (exact) mass is 364 g/mol. The molecule has 3 rings (SSSR count). The number of amides is 2. The van der Waals surface area contributed by atoms with Crippen molar-refractivity contribution in [1.82, 2.24) is 10.2 Å².